The molecule has 11 heteroatoms. The monoisotopic (exact) mass is 524 g/mol. The van der Waals surface area contributed by atoms with Crippen LogP contribution in [0.15, 0.2) is 21.8 Å². The summed E-state index contributed by atoms with van der Waals surface area (Å²) < 4.78 is 21.6. The number of cyclic esters (lactones) is 1. The molecular weight excluding hydrogens is 499 g/mol. The minimum atomic E-state index is -1.94. The molecule has 0 fully saturated rings. The highest BCUT2D eigenvalue weighted by Gasteiger charge is 2.46. The van der Waals surface area contributed by atoms with E-state index in [1.54, 1.807) is 24.5 Å². The molecule has 4 N–H and O–H groups in total. The Morgan fingerprint density at radius 3 is 2.89 bits per heavy atom. The van der Waals surface area contributed by atoms with Crippen LogP contribution in [-0.4, -0.2) is 38.8 Å². The van der Waals surface area contributed by atoms with Crippen LogP contribution < -0.4 is 16.6 Å². The summed E-state index contributed by atoms with van der Waals surface area (Å²) in [5.41, 5.74) is 7.10. The number of nitrogens with two attached hydrogens (primary N) is 1. The van der Waals surface area contributed by atoms with Gasteiger partial charge < -0.3 is 25.5 Å². The largest absolute Gasteiger partial charge is 0.458 e. The van der Waals surface area contributed by atoms with Crippen molar-refractivity contribution in [1.29, 1.82) is 0 Å². The Bertz CT molecular complexity index is 1600. The van der Waals surface area contributed by atoms with E-state index in [2.05, 4.69) is 5.32 Å². The van der Waals surface area contributed by atoms with Gasteiger partial charge in [0.2, 0.25) is 5.91 Å². The molecule has 0 spiro atoms. The van der Waals surface area contributed by atoms with Crippen LogP contribution in [-0.2, 0) is 33.1 Å². The Hall–Kier alpha value is -3.28. The predicted molar refractivity (Wildman–Crippen MR) is 134 cm³/mol. The highest BCUT2D eigenvalue weighted by Crippen LogP contribution is 2.48. The number of fused-ring (bicyclic) bond motifs is 5. The lowest BCUT2D eigenvalue weighted by molar-refractivity contribution is -0.172. The maximum atomic E-state index is 14.9. The smallest absolute Gasteiger partial charge is 0.343 e. The number of carbonyl (C=O) groups is 2. The fraction of sp³-hybridized carbons (Fsp3) is 0.385. The maximum absolute atomic E-state index is 14.9. The van der Waals surface area contributed by atoms with Crippen molar-refractivity contribution in [3.05, 3.63) is 56.1 Å². The van der Waals surface area contributed by atoms with Gasteiger partial charge in [-0.05, 0) is 30.5 Å². The summed E-state index contributed by atoms with van der Waals surface area (Å²) in [5.74, 6) is -0.892. The Morgan fingerprint density at radius 1 is 1.38 bits per heavy atom. The standard InChI is InChI=1S/C26H25FN4O5S/c1-3-26(35)14-6-18-22-12(8-31(18)24(33)13(14)9-36-25(26)34)20-17(29-19(32)4-5-28)10-37-23-11(2)15(27)7-16(30-22)21(20)23/h6-7,17,35H,3-5,8-10,28H2,1-2H3,(H,29,32)/t17-,26-/m0/s1. The lowest BCUT2D eigenvalue weighted by Gasteiger charge is -2.31. The topological polar surface area (TPSA) is 137 Å². The van der Waals surface area contributed by atoms with Crippen LogP contribution >= 0.6 is 11.8 Å². The molecule has 6 rings (SSSR count). The SMILES string of the molecule is CC[C@@]1(O)C(=O)OCc2c1cc1n(c2=O)Cc2c-1nc1cc(F)c(C)c3c1c2[C@@H](NC(=O)CCN)CS3. The minimum absolute atomic E-state index is 0.0330. The van der Waals surface area contributed by atoms with Crippen molar-refractivity contribution < 1.29 is 23.8 Å². The number of amides is 1. The van der Waals surface area contributed by atoms with E-state index < -0.39 is 17.6 Å². The van der Waals surface area contributed by atoms with Gasteiger partial charge in [0.05, 0.1) is 35.1 Å². The lowest BCUT2D eigenvalue weighted by atomic mass is 9.86. The number of halogens is 1. The molecule has 37 heavy (non-hydrogen) atoms. The lowest BCUT2D eigenvalue weighted by Crippen LogP contribution is -2.44. The van der Waals surface area contributed by atoms with Crippen LogP contribution in [0, 0.1) is 12.7 Å². The predicted octanol–water partition coefficient (Wildman–Crippen LogP) is 2.14. The summed E-state index contributed by atoms with van der Waals surface area (Å²) in [6.45, 7) is 3.54. The molecule has 3 aliphatic heterocycles. The van der Waals surface area contributed by atoms with Gasteiger partial charge >= 0.3 is 5.97 Å². The molecule has 0 aliphatic carbocycles. The van der Waals surface area contributed by atoms with Gasteiger partial charge in [-0.3, -0.25) is 9.59 Å². The van der Waals surface area contributed by atoms with E-state index in [9.17, 15) is 23.9 Å². The Morgan fingerprint density at radius 2 is 2.16 bits per heavy atom. The highest BCUT2D eigenvalue weighted by atomic mass is 32.2. The number of thioether (sulfide) groups is 1. The normalized spacial score (nSPS) is 21.3. The third-order valence-electron chi connectivity index (χ3n) is 7.61. The molecule has 2 atom stereocenters. The molecule has 9 nitrogen and oxygen atoms in total. The first-order chi connectivity index (χ1) is 17.7. The fourth-order valence-corrected chi connectivity index (χ4v) is 6.89. The van der Waals surface area contributed by atoms with E-state index in [1.165, 1.54) is 17.8 Å². The number of pyridine rings is 2. The van der Waals surface area contributed by atoms with E-state index in [-0.39, 0.29) is 60.9 Å². The first-order valence-corrected chi connectivity index (χ1v) is 13.1. The number of esters is 1. The van der Waals surface area contributed by atoms with Crippen molar-refractivity contribution in [3.8, 4) is 11.4 Å². The number of carbonyl (C=O) groups excluding carboxylic acids is 2. The second kappa shape index (κ2) is 8.37. The van der Waals surface area contributed by atoms with E-state index in [0.717, 1.165) is 21.4 Å². The molecule has 3 aliphatic rings. The molecule has 3 aromatic rings. The summed E-state index contributed by atoms with van der Waals surface area (Å²) >= 11 is 1.46. The fourth-order valence-electron chi connectivity index (χ4n) is 5.64. The summed E-state index contributed by atoms with van der Waals surface area (Å²) in [5, 5.41) is 14.9. The first-order valence-electron chi connectivity index (χ1n) is 12.1. The van der Waals surface area contributed by atoms with Crippen molar-refractivity contribution in [2.45, 2.75) is 56.4 Å². The molecular formula is C26H25FN4O5S. The quantitative estimate of drug-likeness (QED) is 0.346. The Labute approximate surface area is 215 Å². The first kappa shape index (κ1) is 24.1. The van der Waals surface area contributed by atoms with Gasteiger partial charge in [-0.15, -0.1) is 11.8 Å². The molecule has 2 aromatic heterocycles. The van der Waals surface area contributed by atoms with E-state index >= 15 is 0 Å². The van der Waals surface area contributed by atoms with Gasteiger partial charge in [0.25, 0.3) is 5.56 Å². The van der Waals surface area contributed by atoms with Crippen LogP contribution in [0.5, 0.6) is 0 Å². The molecule has 0 bridgehead atoms. The van der Waals surface area contributed by atoms with Crippen molar-refractivity contribution in [2.24, 2.45) is 5.73 Å². The molecule has 0 saturated heterocycles. The Kier molecular flexibility index (Phi) is 5.45. The van der Waals surface area contributed by atoms with Gasteiger partial charge in [-0.2, -0.15) is 0 Å². The number of hydrogen-bond donors (Lipinski definition) is 3. The van der Waals surface area contributed by atoms with Crippen LogP contribution in [0.3, 0.4) is 0 Å². The highest BCUT2D eigenvalue weighted by molar-refractivity contribution is 7.99. The third-order valence-corrected chi connectivity index (χ3v) is 8.91. The van der Waals surface area contributed by atoms with E-state index in [1.807, 2.05) is 0 Å². The summed E-state index contributed by atoms with van der Waals surface area (Å²) in [7, 11) is 0. The van der Waals surface area contributed by atoms with Crippen LogP contribution in [0.4, 0.5) is 4.39 Å². The van der Waals surface area contributed by atoms with Gasteiger partial charge in [-0.25, -0.2) is 14.2 Å². The van der Waals surface area contributed by atoms with E-state index in [0.29, 0.717) is 28.2 Å². The van der Waals surface area contributed by atoms with Crippen molar-refractivity contribution in [2.75, 3.05) is 12.3 Å². The second-order valence-corrected chi connectivity index (χ2v) is 10.7. The van der Waals surface area contributed by atoms with Crippen molar-refractivity contribution in [3.63, 3.8) is 0 Å². The van der Waals surface area contributed by atoms with E-state index in [4.69, 9.17) is 15.5 Å². The number of aromatic nitrogens is 2. The molecule has 5 heterocycles. The molecule has 1 aromatic carbocycles. The Balaban J connectivity index is 1.63. The summed E-state index contributed by atoms with van der Waals surface area (Å²) in [6, 6.07) is 2.61. The molecule has 1 amide bonds. The van der Waals surface area contributed by atoms with Gasteiger partial charge in [-0.1, -0.05) is 6.92 Å². The van der Waals surface area contributed by atoms with Gasteiger partial charge in [0, 0.05) is 46.2 Å². The average Bonchev–Trinajstić information content (AvgIpc) is 3.24. The number of ether oxygens (including phenoxy) is 1. The number of nitrogens with one attached hydrogen (secondary N) is 1. The summed E-state index contributed by atoms with van der Waals surface area (Å²) in [6.07, 6.45) is 0.203. The maximum Gasteiger partial charge on any atom is 0.343 e. The average molecular weight is 525 g/mol. The molecule has 0 radical (unpaired) electrons. The van der Waals surface area contributed by atoms with Crippen LogP contribution in [0.25, 0.3) is 22.3 Å². The zero-order valence-corrected chi connectivity index (χ0v) is 21.1. The molecule has 0 saturated carbocycles. The van der Waals surface area contributed by atoms with Crippen LogP contribution in [0.2, 0.25) is 0 Å². The number of hydrogen-bond acceptors (Lipinski definition) is 8. The molecule has 192 valence electrons. The number of benzene rings is 1. The molecule has 0 unspecified atom stereocenters. The minimum Gasteiger partial charge on any atom is -0.458 e. The number of rotatable bonds is 4. The number of nitrogens with zero attached hydrogens (tertiary/aromatic N) is 2. The zero-order chi connectivity index (χ0) is 26.2. The van der Waals surface area contributed by atoms with Gasteiger partial charge in [0.1, 0.15) is 12.4 Å². The van der Waals surface area contributed by atoms with Crippen molar-refractivity contribution in [1.82, 2.24) is 14.9 Å². The van der Waals surface area contributed by atoms with Crippen molar-refractivity contribution >= 4 is 34.5 Å². The second-order valence-electron chi connectivity index (χ2n) is 9.63. The van der Waals surface area contributed by atoms with Gasteiger partial charge in [0.15, 0.2) is 5.60 Å². The van der Waals surface area contributed by atoms with Crippen LogP contribution in [0.1, 0.15) is 53.6 Å². The zero-order valence-electron chi connectivity index (χ0n) is 20.3. The number of aliphatic hydroxyl groups is 1. The third kappa shape index (κ3) is 3.30. The summed E-state index contributed by atoms with van der Waals surface area (Å²) in [4.78, 5) is 44.2.